The van der Waals surface area contributed by atoms with Gasteiger partial charge >= 0.3 is 0 Å². The zero-order valence-electron chi connectivity index (χ0n) is 8.35. The average molecular weight is 216 g/mol. The van der Waals surface area contributed by atoms with Crippen LogP contribution in [0.5, 0.6) is 0 Å². The van der Waals surface area contributed by atoms with Crippen LogP contribution in [0.25, 0.3) is 0 Å². The van der Waals surface area contributed by atoms with Crippen LogP contribution >= 0.6 is 0 Å². The fraction of sp³-hybridized carbons (Fsp3) is 0. The van der Waals surface area contributed by atoms with Crippen molar-refractivity contribution in [2.75, 3.05) is 5.73 Å². The minimum atomic E-state index is -0.451. The fourth-order valence-corrected chi connectivity index (χ4v) is 1.38. The molecule has 0 bridgehead atoms. The third kappa shape index (κ3) is 1.91. The molecular weight excluding hydrogens is 207 g/mol. The summed E-state index contributed by atoms with van der Waals surface area (Å²) in [5.74, 6) is -0.779. The van der Waals surface area contributed by atoms with Crippen LogP contribution in [0.15, 0.2) is 42.7 Å². The first-order valence-electron chi connectivity index (χ1n) is 4.68. The Hall–Kier alpha value is -2.23. The van der Waals surface area contributed by atoms with Gasteiger partial charge in [-0.05, 0) is 18.2 Å². The van der Waals surface area contributed by atoms with Crippen molar-refractivity contribution in [1.82, 2.24) is 4.98 Å². The van der Waals surface area contributed by atoms with Gasteiger partial charge in [-0.25, -0.2) is 4.39 Å². The average Bonchev–Trinajstić information content (AvgIpc) is 2.29. The number of nitrogens with zero attached hydrogens (tertiary/aromatic N) is 1. The van der Waals surface area contributed by atoms with Crippen molar-refractivity contribution in [2.24, 2.45) is 0 Å². The molecule has 0 aliphatic heterocycles. The Labute approximate surface area is 91.7 Å². The van der Waals surface area contributed by atoms with Gasteiger partial charge in [0.05, 0.1) is 5.56 Å². The maximum Gasteiger partial charge on any atom is 0.196 e. The maximum atomic E-state index is 12.9. The van der Waals surface area contributed by atoms with Gasteiger partial charge in [-0.1, -0.05) is 12.1 Å². The first-order valence-corrected chi connectivity index (χ1v) is 4.68. The lowest BCUT2D eigenvalue weighted by molar-refractivity contribution is 0.103. The van der Waals surface area contributed by atoms with Crippen molar-refractivity contribution in [1.29, 1.82) is 0 Å². The molecule has 2 rings (SSSR count). The van der Waals surface area contributed by atoms with E-state index < -0.39 is 5.82 Å². The zero-order chi connectivity index (χ0) is 11.5. The Morgan fingerprint density at radius 3 is 2.81 bits per heavy atom. The van der Waals surface area contributed by atoms with Gasteiger partial charge < -0.3 is 5.73 Å². The van der Waals surface area contributed by atoms with Gasteiger partial charge in [0, 0.05) is 23.6 Å². The van der Waals surface area contributed by atoms with Crippen LogP contribution in [-0.2, 0) is 0 Å². The predicted octanol–water partition coefficient (Wildman–Crippen LogP) is 2.03. The number of rotatable bonds is 2. The largest absolute Gasteiger partial charge is 0.398 e. The number of carbonyl (C=O) groups is 1. The minimum Gasteiger partial charge on any atom is -0.398 e. The van der Waals surface area contributed by atoms with E-state index >= 15 is 0 Å². The van der Waals surface area contributed by atoms with E-state index in [4.69, 9.17) is 5.73 Å². The molecule has 0 spiro atoms. The topological polar surface area (TPSA) is 56.0 Å². The minimum absolute atomic E-state index is 0.264. The van der Waals surface area contributed by atoms with Crippen LogP contribution in [0.3, 0.4) is 0 Å². The molecule has 4 heteroatoms. The van der Waals surface area contributed by atoms with Gasteiger partial charge in [-0.3, -0.25) is 9.78 Å². The smallest absolute Gasteiger partial charge is 0.196 e. The highest BCUT2D eigenvalue weighted by Crippen LogP contribution is 2.15. The van der Waals surface area contributed by atoms with Crippen molar-refractivity contribution in [3.8, 4) is 0 Å². The number of hydrogen-bond donors (Lipinski definition) is 1. The van der Waals surface area contributed by atoms with Gasteiger partial charge in [-0.15, -0.1) is 0 Å². The molecule has 0 fully saturated rings. The van der Waals surface area contributed by atoms with E-state index in [0.717, 1.165) is 0 Å². The number of carbonyl (C=O) groups excluding carboxylic acids is 1. The molecule has 0 radical (unpaired) electrons. The molecule has 0 atom stereocenters. The highest BCUT2D eigenvalue weighted by Gasteiger charge is 2.12. The summed E-state index contributed by atoms with van der Waals surface area (Å²) in [7, 11) is 0. The number of benzene rings is 1. The second-order valence-electron chi connectivity index (χ2n) is 3.30. The van der Waals surface area contributed by atoms with Crippen molar-refractivity contribution in [2.45, 2.75) is 0 Å². The van der Waals surface area contributed by atoms with Crippen LogP contribution in [0.2, 0.25) is 0 Å². The molecule has 16 heavy (non-hydrogen) atoms. The van der Waals surface area contributed by atoms with Crippen LogP contribution < -0.4 is 5.73 Å². The van der Waals surface area contributed by atoms with Gasteiger partial charge in [0.2, 0.25) is 0 Å². The van der Waals surface area contributed by atoms with E-state index in [2.05, 4.69) is 4.98 Å². The first-order chi connectivity index (χ1) is 7.68. The summed E-state index contributed by atoms with van der Waals surface area (Å²) < 4.78 is 12.9. The summed E-state index contributed by atoms with van der Waals surface area (Å²) in [6, 6.07) is 7.01. The Kier molecular flexibility index (Phi) is 2.64. The first kappa shape index (κ1) is 10.3. The van der Waals surface area contributed by atoms with Crippen LogP contribution in [-0.4, -0.2) is 10.8 Å². The second-order valence-corrected chi connectivity index (χ2v) is 3.30. The number of halogens is 1. The van der Waals surface area contributed by atoms with Crippen molar-refractivity contribution in [3.05, 3.63) is 59.7 Å². The standard InChI is InChI=1S/C12H9FN2O/c13-9-3-1-2-8(6-9)12(16)10-7-15-5-4-11(10)14/h1-7H,(H2,14,15). The highest BCUT2D eigenvalue weighted by atomic mass is 19.1. The third-order valence-electron chi connectivity index (χ3n) is 2.19. The number of nitrogen functional groups attached to an aromatic ring is 1. The summed E-state index contributed by atoms with van der Waals surface area (Å²) in [4.78, 5) is 15.8. The summed E-state index contributed by atoms with van der Waals surface area (Å²) in [5.41, 5.74) is 6.53. The van der Waals surface area contributed by atoms with Gasteiger partial charge in [0.25, 0.3) is 0 Å². The van der Waals surface area contributed by atoms with Crippen LogP contribution in [0.1, 0.15) is 15.9 Å². The van der Waals surface area contributed by atoms with E-state index in [9.17, 15) is 9.18 Å². The SMILES string of the molecule is Nc1ccncc1C(=O)c1cccc(F)c1. The summed E-state index contributed by atoms with van der Waals surface area (Å²) in [5, 5.41) is 0. The maximum absolute atomic E-state index is 12.9. The Balaban J connectivity index is 2.44. The Morgan fingerprint density at radius 2 is 2.12 bits per heavy atom. The molecule has 1 aromatic heterocycles. The molecule has 2 N–H and O–H groups in total. The Morgan fingerprint density at radius 1 is 1.31 bits per heavy atom. The number of anilines is 1. The molecule has 80 valence electrons. The molecule has 0 saturated carbocycles. The van der Waals surface area contributed by atoms with E-state index in [0.29, 0.717) is 5.69 Å². The number of nitrogens with two attached hydrogens (primary N) is 1. The molecule has 2 aromatic rings. The van der Waals surface area contributed by atoms with E-state index in [1.807, 2.05) is 0 Å². The lowest BCUT2D eigenvalue weighted by Gasteiger charge is -2.03. The molecule has 0 unspecified atom stereocenters. The Bertz CT molecular complexity index is 540. The number of aromatic nitrogens is 1. The molecule has 0 aliphatic carbocycles. The zero-order valence-corrected chi connectivity index (χ0v) is 8.35. The quantitative estimate of drug-likeness (QED) is 0.781. The van der Waals surface area contributed by atoms with E-state index in [1.54, 1.807) is 0 Å². The lowest BCUT2D eigenvalue weighted by atomic mass is 10.0. The molecule has 1 aromatic carbocycles. The lowest BCUT2D eigenvalue weighted by Crippen LogP contribution is -2.06. The van der Waals surface area contributed by atoms with Gasteiger partial charge in [0.15, 0.2) is 5.78 Å². The molecule has 3 nitrogen and oxygen atoms in total. The molecule has 0 amide bonds. The van der Waals surface area contributed by atoms with Crippen molar-refractivity contribution >= 4 is 11.5 Å². The molecule has 0 aliphatic rings. The summed E-state index contributed by atoms with van der Waals surface area (Å²) in [6.45, 7) is 0. The second kappa shape index (κ2) is 4.10. The number of hydrogen-bond acceptors (Lipinski definition) is 3. The van der Waals surface area contributed by atoms with Gasteiger partial charge in [-0.2, -0.15) is 0 Å². The van der Waals surface area contributed by atoms with Crippen molar-refractivity contribution in [3.63, 3.8) is 0 Å². The number of pyridine rings is 1. The molecule has 1 heterocycles. The number of ketones is 1. The monoisotopic (exact) mass is 216 g/mol. The predicted molar refractivity (Wildman–Crippen MR) is 58.5 cm³/mol. The van der Waals surface area contributed by atoms with Crippen LogP contribution in [0, 0.1) is 5.82 Å². The van der Waals surface area contributed by atoms with Crippen LogP contribution in [0.4, 0.5) is 10.1 Å². The normalized spacial score (nSPS) is 10.1. The van der Waals surface area contributed by atoms with Gasteiger partial charge in [0.1, 0.15) is 5.82 Å². The molecular formula is C12H9FN2O. The highest BCUT2D eigenvalue weighted by molar-refractivity contribution is 6.11. The van der Waals surface area contributed by atoms with Crippen molar-refractivity contribution < 1.29 is 9.18 Å². The third-order valence-corrected chi connectivity index (χ3v) is 2.19. The molecule has 0 saturated heterocycles. The fourth-order valence-electron chi connectivity index (χ4n) is 1.38. The summed E-state index contributed by atoms with van der Waals surface area (Å²) in [6.07, 6.45) is 2.88. The van der Waals surface area contributed by atoms with E-state index in [-0.39, 0.29) is 16.9 Å². The summed E-state index contributed by atoms with van der Waals surface area (Å²) >= 11 is 0. The van der Waals surface area contributed by atoms with E-state index in [1.165, 1.54) is 42.7 Å².